The maximum atomic E-state index is 12.4. The van der Waals surface area contributed by atoms with Gasteiger partial charge in [0.1, 0.15) is 0 Å². The van der Waals surface area contributed by atoms with Crippen molar-refractivity contribution in [2.75, 3.05) is 7.11 Å². The van der Waals surface area contributed by atoms with Crippen LogP contribution in [-0.4, -0.2) is 30.3 Å². The molecule has 0 fully saturated rings. The zero-order valence-electron chi connectivity index (χ0n) is 16.3. The maximum Gasteiger partial charge on any atom is 0.281 e. The van der Waals surface area contributed by atoms with Crippen molar-refractivity contribution >= 4 is 50.8 Å². The second kappa shape index (κ2) is 9.10. The van der Waals surface area contributed by atoms with Gasteiger partial charge < -0.3 is 9.47 Å². The molecule has 3 rings (SSSR count). The summed E-state index contributed by atoms with van der Waals surface area (Å²) in [7, 11) is 1.51. The van der Waals surface area contributed by atoms with Crippen molar-refractivity contribution < 1.29 is 19.2 Å². The van der Waals surface area contributed by atoms with E-state index in [2.05, 4.69) is 10.5 Å². The number of nitro benzene ring substituents is 1. The van der Waals surface area contributed by atoms with E-state index in [1.165, 1.54) is 36.8 Å². The number of hydrazone groups is 1. The molecular weight excluding hydrogens is 430 g/mol. The number of hydrogen-bond acceptors (Lipinski definition) is 7. The lowest BCUT2D eigenvalue weighted by Gasteiger charge is -2.15. The summed E-state index contributed by atoms with van der Waals surface area (Å²) in [5, 5.41) is 15.8. The van der Waals surface area contributed by atoms with Gasteiger partial charge in [-0.25, -0.2) is 5.43 Å². The topological polar surface area (TPSA) is 103 Å². The van der Waals surface area contributed by atoms with Crippen LogP contribution in [0.2, 0.25) is 5.02 Å². The molecule has 0 atom stereocenters. The van der Waals surface area contributed by atoms with Gasteiger partial charge in [-0.1, -0.05) is 11.6 Å². The van der Waals surface area contributed by atoms with E-state index in [9.17, 15) is 14.9 Å². The number of halogens is 1. The van der Waals surface area contributed by atoms with E-state index in [0.29, 0.717) is 32.3 Å². The van der Waals surface area contributed by atoms with Crippen LogP contribution in [0.3, 0.4) is 0 Å². The summed E-state index contributed by atoms with van der Waals surface area (Å²) in [6.07, 6.45) is 1.36. The zero-order valence-corrected chi connectivity index (χ0v) is 17.9. The lowest BCUT2D eigenvalue weighted by atomic mass is 10.2. The molecule has 0 spiro atoms. The maximum absolute atomic E-state index is 12.4. The van der Waals surface area contributed by atoms with Gasteiger partial charge in [-0.2, -0.15) is 5.10 Å². The smallest absolute Gasteiger partial charge is 0.281 e. The highest BCUT2D eigenvalue weighted by Gasteiger charge is 2.14. The van der Waals surface area contributed by atoms with Gasteiger partial charge in [-0.05, 0) is 43.7 Å². The molecule has 1 amide bonds. The number of nitrogens with zero attached hydrogens (tertiary/aromatic N) is 2. The molecule has 0 unspecified atom stereocenters. The summed E-state index contributed by atoms with van der Waals surface area (Å²) < 4.78 is 11.8. The zero-order chi connectivity index (χ0) is 21.8. The minimum atomic E-state index is -0.474. The standard InChI is InChI=1S/C20H18ClN3O5S/c1-11(2)29-19-15(21)6-12(7-16(19)28-3)10-22-23-20(25)18-9-13-8-14(24(26)27)4-5-17(13)30-18/h4-11H,1-3H3,(H,23,25)/b22-10-. The second-order valence-corrected chi connectivity index (χ2v) is 7.98. The van der Waals surface area contributed by atoms with Gasteiger partial charge in [0.05, 0.1) is 34.3 Å². The van der Waals surface area contributed by atoms with Crippen molar-refractivity contribution in [3.63, 3.8) is 0 Å². The fraction of sp³-hybridized carbons (Fsp3) is 0.200. The summed E-state index contributed by atoms with van der Waals surface area (Å²) in [5.41, 5.74) is 3.03. The molecule has 1 N–H and O–H groups in total. The Morgan fingerprint density at radius 2 is 2.07 bits per heavy atom. The molecule has 0 saturated carbocycles. The minimum absolute atomic E-state index is 0.0269. The average Bonchev–Trinajstić information content (AvgIpc) is 3.12. The number of carbonyl (C=O) groups excluding carboxylic acids is 1. The fourth-order valence-electron chi connectivity index (χ4n) is 2.64. The number of thiophene rings is 1. The third-order valence-corrected chi connectivity index (χ3v) is 5.32. The van der Waals surface area contributed by atoms with Crippen LogP contribution in [0.15, 0.2) is 41.5 Å². The Morgan fingerprint density at radius 3 is 2.73 bits per heavy atom. The van der Waals surface area contributed by atoms with E-state index < -0.39 is 10.8 Å². The van der Waals surface area contributed by atoms with Crippen LogP contribution in [0.1, 0.15) is 29.1 Å². The highest BCUT2D eigenvalue weighted by Crippen LogP contribution is 2.36. The molecule has 0 aliphatic heterocycles. The van der Waals surface area contributed by atoms with Crippen LogP contribution in [0.4, 0.5) is 5.69 Å². The molecule has 2 aromatic carbocycles. The molecule has 0 radical (unpaired) electrons. The third-order valence-electron chi connectivity index (χ3n) is 3.92. The Bertz CT molecular complexity index is 1140. The number of fused-ring (bicyclic) bond motifs is 1. The number of ether oxygens (including phenoxy) is 2. The van der Waals surface area contributed by atoms with Crippen molar-refractivity contribution in [3.8, 4) is 11.5 Å². The summed E-state index contributed by atoms with van der Waals surface area (Å²) >= 11 is 7.50. The van der Waals surface area contributed by atoms with Crippen molar-refractivity contribution in [1.82, 2.24) is 5.43 Å². The van der Waals surface area contributed by atoms with Crippen LogP contribution in [0.5, 0.6) is 11.5 Å². The van der Waals surface area contributed by atoms with E-state index in [1.54, 1.807) is 24.3 Å². The number of hydrogen-bond donors (Lipinski definition) is 1. The Balaban J connectivity index is 1.75. The Labute approximate surface area is 181 Å². The number of carbonyl (C=O) groups is 1. The summed E-state index contributed by atoms with van der Waals surface area (Å²) in [5.74, 6) is 0.470. The first-order valence-corrected chi connectivity index (χ1v) is 10.0. The van der Waals surface area contributed by atoms with E-state index in [1.807, 2.05) is 13.8 Å². The molecule has 0 bridgehead atoms. The molecule has 0 aliphatic carbocycles. The van der Waals surface area contributed by atoms with Gasteiger partial charge in [-0.3, -0.25) is 14.9 Å². The number of amides is 1. The summed E-state index contributed by atoms with van der Waals surface area (Å²) in [4.78, 5) is 23.2. The number of non-ortho nitro benzene ring substituents is 1. The molecule has 10 heteroatoms. The average molecular weight is 448 g/mol. The van der Waals surface area contributed by atoms with Crippen molar-refractivity contribution in [2.45, 2.75) is 20.0 Å². The minimum Gasteiger partial charge on any atom is -0.493 e. The van der Waals surface area contributed by atoms with Crippen molar-refractivity contribution in [1.29, 1.82) is 0 Å². The van der Waals surface area contributed by atoms with Crippen LogP contribution >= 0.6 is 22.9 Å². The third kappa shape index (κ3) is 4.87. The molecule has 30 heavy (non-hydrogen) atoms. The lowest BCUT2D eigenvalue weighted by Crippen LogP contribution is -2.16. The normalized spacial score (nSPS) is 11.2. The number of nitro groups is 1. The van der Waals surface area contributed by atoms with Crippen molar-refractivity contribution in [3.05, 3.63) is 62.0 Å². The number of nitrogens with one attached hydrogen (secondary N) is 1. The summed E-state index contributed by atoms with van der Waals surface area (Å²) in [6, 6.07) is 9.39. The molecule has 8 nitrogen and oxygen atoms in total. The Morgan fingerprint density at radius 1 is 1.30 bits per heavy atom. The fourth-order valence-corrected chi connectivity index (χ4v) is 3.84. The van der Waals surface area contributed by atoms with Gasteiger partial charge in [0.2, 0.25) is 0 Å². The highest BCUT2D eigenvalue weighted by molar-refractivity contribution is 7.20. The molecule has 1 aromatic heterocycles. The first-order valence-electron chi connectivity index (χ1n) is 8.84. The first-order chi connectivity index (χ1) is 14.3. The van der Waals surface area contributed by atoms with Gasteiger partial charge in [0.25, 0.3) is 11.6 Å². The van der Waals surface area contributed by atoms with Gasteiger partial charge in [0, 0.05) is 22.2 Å². The van der Waals surface area contributed by atoms with Crippen molar-refractivity contribution in [2.24, 2.45) is 5.10 Å². The number of benzene rings is 2. The van der Waals surface area contributed by atoms with E-state index >= 15 is 0 Å². The molecule has 156 valence electrons. The van der Waals surface area contributed by atoms with Crippen LogP contribution < -0.4 is 14.9 Å². The molecule has 0 saturated heterocycles. The highest BCUT2D eigenvalue weighted by atomic mass is 35.5. The van der Waals surface area contributed by atoms with Crippen LogP contribution in [0.25, 0.3) is 10.1 Å². The van der Waals surface area contributed by atoms with Gasteiger partial charge >= 0.3 is 0 Å². The number of methoxy groups -OCH3 is 1. The van der Waals surface area contributed by atoms with Crippen LogP contribution in [-0.2, 0) is 0 Å². The van der Waals surface area contributed by atoms with Gasteiger partial charge in [0.15, 0.2) is 11.5 Å². The Hall–Kier alpha value is -3.17. The molecule has 3 aromatic rings. The quantitative estimate of drug-likeness (QED) is 0.311. The van der Waals surface area contributed by atoms with Gasteiger partial charge in [-0.15, -0.1) is 11.3 Å². The largest absolute Gasteiger partial charge is 0.493 e. The molecule has 1 heterocycles. The first kappa shape index (κ1) is 21.5. The monoisotopic (exact) mass is 447 g/mol. The Kier molecular flexibility index (Phi) is 6.53. The van der Waals surface area contributed by atoms with Crippen LogP contribution in [0, 0.1) is 10.1 Å². The van der Waals surface area contributed by atoms with E-state index in [4.69, 9.17) is 21.1 Å². The second-order valence-electron chi connectivity index (χ2n) is 6.49. The SMILES string of the molecule is COc1cc(/C=N\NC(=O)c2cc3cc([N+](=O)[O-])ccc3s2)cc(Cl)c1OC(C)C. The van der Waals surface area contributed by atoms with E-state index in [-0.39, 0.29) is 11.8 Å². The molecular formula is C20H18ClN3O5S. The summed E-state index contributed by atoms with van der Waals surface area (Å²) in [6.45, 7) is 3.76. The van der Waals surface area contributed by atoms with E-state index in [0.717, 1.165) is 4.70 Å². The lowest BCUT2D eigenvalue weighted by molar-refractivity contribution is -0.384. The number of rotatable bonds is 7. The predicted octanol–water partition coefficient (Wildman–Crippen LogP) is 5.02. The predicted molar refractivity (Wildman–Crippen MR) is 117 cm³/mol. The molecule has 0 aliphatic rings.